The molecular weight excluding hydrogens is 196 g/mol. The lowest BCUT2D eigenvalue weighted by Crippen LogP contribution is -2.44. The van der Waals surface area contributed by atoms with E-state index in [-0.39, 0.29) is 5.54 Å². The van der Waals surface area contributed by atoms with Gasteiger partial charge in [-0.2, -0.15) is 0 Å². The summed E-state index contributed by atoms with van der Waals surface area (Å²) in [4.78, 5) is 2.65. The molecule has 1 saturated heterocycles. The highest BCUT2D eigenvalue weighted by atomic mass is 15.1. The monoisotopic (exact) mass is 226 g/mol. The van der Waals surface area contributed by atoms with Crippen LogP contribution in [0.25, 0.3) is 0 Å². The van der Waals surface area contributed by atoms with Crippen molar-refractivity contribution in [2.24, 2.45) is 5.92 Å². The van der Waals surface area contributed by atoms with Gasteiger partial charge in [0.05, 0.1) is 0 Å². The molecule has 0 aromatic rings. The number of nitrogens with zero attached hydrogens (tertiary/aromatic N) is 1. The maximum absolute atomic E-state index is 3.64. The Morgan fingerprint density at radius 2 is 2.06 bits per heavy atom. The molecule has 1 N–H and O–H groups in total. The van der Waals surface area contributed by atoms with Gasteiger partial charge >= 0.3 is 0 Å². The molecule has 1 fully saturated rings. The van der Waals surface area contributed by atoms with Gasteiger partial charge in [-0.05, 0) is 65.6 Å². The molecule has 1 aliphatic rings. The molecule has 1 rings (SSSR count). The number of hydrogen-bond donors (Lipinski definition) is 1. The van der Waals surface area contributed by atoms with Crippen molar-refractivity contribution in [1.29, 1.82) is 0 Å². The van der Waals surface area contributed by atoms with Crippen LogP contribution in [0.5, 0.6) is 0 Å². The summed E-state index contributed by atoms with van der Waals surface area (Å²) in [6.45, 7) is 14.2. The van der Waals surface area contributed by atoms with Crippen LogP contribution in [0.15, 0.2) is 0 Å². The molecule has 0 amide bonds. The van der Waals surface area contributed by atoms with Gasteiger partial charge in [-0.25, -0.2) is 0 Å². The van der Waals surface area contributed by atoms with Crippen molar-refractivity contribution < 1.29 is 0 Å². The van der Waals surface area contributed by atoms with Gasteiger partial charge in [0, 0.05) is 12.1 Å². The Labute approximate surface area is 102 Å². The van der Waals surface area contributed by atoms with Crippen LogP contribution in [0.3, 0.4) is 0 Å². The molecular formula is C14H30N2. The van der Waals surface area contributed by atoms with Crippen molar-refractivity contribution in [2.45, 2.75) is 58.9 Å². The molecule has 0 spiro atoms. The second kappa shape index (κ2) is 6.61. The molecule has 2 heteroatoms. The van der Waals surface area contributed by atoms with Crippen molar-refractivity contribution >= 4 is 0 Å². The fourth-order valence-corrected chi connectivity index (χ4v) is 2.35. The summed E-state index contributed by atoms with van der Waals surface area (Å²) in [6.07, 6.45) is 5.48. The minimum absolute atomic E-state index is 0.270. The molecule has 0 aromatic heterocycles. The highest BCUT2D eigenvalue weighted by Gasteiger charge is 2.20. The molecule has 1 heterocycles. The van der Waals surface area contributed by atoms with Crippen LogP contribution in [0.1, 0.15) is 53.4 Å². The third-order valence-electron chi connectivity index (χ3n) is 3.35. The second-order valence-corrected chi connectivity index (χ2v) is 6.29. The Hall–Kier alpha value is -0.0800. The van der Waals surface area contributed by atoms with Crippen molar-refractivity contribution in [1.82, 2.24) is 10.2 Å². The normalized spacial score (nSPS) is 23.6. The third-order valence-corrected chi connectivity index (χ3v) is 3.35. The molecule has 2 nitrogen and oxygen atoms in total. The summed E-state index contributed by atoms with van der Waals surface area (Å²) in [7, 11) is 0. The van der Waals surface area contributed by atoms with Crippen LogP contribution in [0.2, 0.25) is 0 Å². The van der Waals surface area contributed by atoms with E-state index in [1.807, 2.05) is 0 Å². The highest BCUT2D eigenvalue weighted by Crippen LogP contribution is 2.17. The number of rotatable bonds is 5. The van der Waals surface area contributed by atoms with Gasteiger partial charge in [0.25, 0.3) is 0 Å². The van der Waals surface area contributed by atoms with Gasteiger partial charge in [0.1, 0.15) is 0 Å². The third kappa shape index (κ3) is 5.86. The van der Waals surface area contributed by atoms with E-state index in [1.54, 1.807) is 0 Å². The SMILES string of the molecule is CCCCN1CCCC(CNC(C)(C)C)C1. The fraction of sp³-hybridized carbons (Fsp3) is 1.00. The molecule has 1 unspecified atom stereocenters. The first-order chi connectivity index (χ1) is 7.51. The lowest BCUT2D eigenvalue weighted by Gasteiger charge is -2.34. The molecule has 1 atom stereocenters. The molecule has 96 valence electrons. The first-order valence-corrected chi connectivity index (χ1v) is 6.98. The number of piperidine rings is 1. The van der Waals surface area contributed by atoms with E-state index >= 15 is 0 Å². The van der Waals surface area contributed by atoms with Gasteiger partial charge < -0.3 is 10.2 Å². The van der Waals surface area contributed by atoms with Crippen molar-refractivity contribution in [3.8, 4) is 0 Å². The van der Waals surface area contributed by atoms with Crippen LogP contribution in [0.4, 0.5) is 0 Å². The first-order valence-electron chi connectivity index (χ1n) is 6.98. The lowest BCUT2D eigenvalue weighted by atomic mass is 9.96. The Bertz CT molecular complexity index is 184. The van der Waals surface area contributed by atoms with E-state index in [1.165, 1.54) is 51.9 Å². The summed E-state index contributed by atoms with van der Waals surface area (Å²) in [6, 6.07) is 0. The maximum Gasteiger partial charge on any atom is 0.00966 e. The van der Waals surface area contributed by atoms with Gasteiger partial charge in [-0.1, -0.05) is 13.3 Å². The molecule has 1 aliphatic heterocycles. The topological polar surface area (TPSA) is 15.3 Å². The Morgan fingerprint density at radius 3 is 2.69 bits per heavy atom. The molecule has 0 radical (unpaired) electrons. The number of likely N-dealkylation sites (tertiary alicyclic amines) is 1. The van der Waals surface area contributed by atoms with Crippen molar-refractivity contribution in [3.63, 3.8) is 0 Å². The van der Waals surface area contributed by atoms with Gasteiger partial charge in [0.15, 0.2) is 0 Å². The van der Waals surface area contributed by atoms with E-state index in [2.05, 4.69) is 37.9 Å². The Balaban J connectivity index is 2.22. The quantitative estimate of drug-likeness (QED) is 0.775. The Kier molecular flexibility index (Phi) is 5.77. The van der Waals surface area contributed by atoms with E-state index in [0.717, 1.165) is 5.92 Å². The zero-order valence-corrected chi connectivity index (χ0v) is 11.7. The molecule has 16 heavy (non-hydrogen) atoms. The van der Waals surface area contributed by atoms with E-state index in [9.17, 15) is 0 Å². The molecule has 0 bridgehead atoms. The van der Waals surface area contributed by atoms with Crippen molar-refractivity contribution in [2.75, 3.05) is 26.2 Å². The van der Waals surface area contributed by atoms with E-state index in [4.69, 9.17) is 0 Å². The van der Waals surface area contributed by atoms with Gasteiger partial charge in [0.2, 0.25) is 0 Å². The van der Waals surface area contributed by atoms with E-state index in [0.29, 0.717) is 0 Å². The summed E-state index contributed by atoms with van der Waals surface area (Å²) >= 11 is 0. The molecule has 0 aliphatic carbocycles. The zero-order valence-electron chi connectivity index (χ0n) is 11.7. The number of unbranched alkanes of at least 4 members (excludes halogenated alkanes) is 1. The predicted molar refractivity (Wildman–Crippen MR) is 71.8 cm³/mol. The largest absolute Gasteiger partial charge is 0.312 e. The standard InChI is InChI=1S/C14H30N2/c1-5-6-9-16-10-7-8-13(12-16)11-15-14(2,3)4/h13,15H,5-12H2,1-4H3. The van der Waals surface area contributed by atoms with Crippen LogP contribution >= 0.6 is 0 Å². The average Bonchev–Trinajstić information content (AvgIpc) is 2.23. The zero-order chi connectivity index (χ0) is 12.0. The van der Waals surface area contributed by atoms with Crippen LogP contribution < -0.4 is 5.32 Å². The molecule has 0 aromatic carbocycles. The van der Waals surface area contributed by atoms with Crippen LogP contribution in [-0.2, 0) is 0 Å². The second-order valence-electron chi connectivity index (χ2n) is 6.29. The fourth-order valence-electron chi connectivity index (χ4n) is 2.35. The van der Waals surface area contributed by atoms with Crippen molar-refractivity contribution in [3.05, 3.63) is 0 Å². The summed E-state index contributed by atoms with van der Waals surface area (Å²) in [5, 5.41) is 3.64. The minimum Gasteiger partial charge on any atom is -0.312 e. The van der Waals surface area contributed by atoms with E-state index < -0.39 is 0 Å². The van der Waals surface area contributed by atoms with Gasteiger partial charge in [-0.15, -0.1) is 0 Å². The summed E-state index contributed by atoms with van der Waals surface area (Å²) < 4.78 is 0. The minimum atomic E-state index is 0.270. The highest BCUT2D eigenvalue weighted by molar-refractivity contribution is 4.78. The maximum atomic E-state index is 3.64. The summed E-state index contributed by atoms with van der Waals surface area (Å²) in [5.41, 5.74) is 0.270. The Morgan fingerprint density at radius 1 is 1.31 bits per heavy atom. The average molecular weight is 226 g/mol. The van der Waals surface area contributed by atoms with Crippen LogP contribution in [0, 0.1) is 5.92 Å². The molecule has 0 saturated carbocycles. The number of hydrogen-bond acceptors (Lipinski definition) is 2. The predicted octanol–water partition coefficient (Wildman–Crippen LogP) is 2.89. The summed E-state index contributed by atoms with van der Waals surface area (Å²) in [5.74, 6) is 0.866. The number of nitrogens with one attached hydrogen (secondary N) is 1. The smallest absolute Gasteiger partial charge is 0.00966 e. The lowest BCUT2D eigenvalue weighted by molar-refractivity contribution is 0.164. The van der Waals surface area contributed by atoms with Gasteiger partial charge in [-0.3, -0.25) is 0 Å². The first kappa shape index (κ1) is 14.0. The van der Waals surface area contributed by atoms with Crippen LogP contribution in [-0.4, -0.2) is 36.6 Å².